The number of aliphatic hydroxyl groups excluding tert-OH is 4. The normalized spacial score (nSPS) is 25.2. The predicted octanol–water partition coefficient (Wildman–Crippen LogP) is 0.685. The first-order valence-corrected chi connectivity index (χ1v) is 9.91. The molecule has 11 nitrogen and oxygen atoms in total. The number of aromatic hydroxyl groups is 3. The summed E-state index contributed by atoms with van der Waals surface area (Å²) in [5, 5.41) is 70.2. The second-order valence-corrected chi connectivity index (χ2v) is 7.52. The largest absolute Gasteiger partial charge is 0.507 e. The number of phenolic OH excluding ortho intramolecular Hbond substituents is 2. The van der Waals surface area contributed by atoms with Gasteiger partial charge in [-0.25, -0.2) is 4.42 Å². The summed E-state index contributed by atoms with van der Waals surface area (Å²) in [6.45, 7) is -0.638. The lowest BCUT2D eigenvalue weighted by Crippen LogP contribution is -2.60. The molecule has 5 atom stereocenters. The molecule has 1 aliphatic rings. The zero-order valence-corrected chi connectivity index (χ0v) is 17.3. The topological polar surface area (TPSA) is 181 Å². The van der Waals surface area contributed by atoms with E-state index in [-0.39, 0.29) is 45.5 Å². The standard InChI is InChI=1S/C22H22O11/c1-30-16-4-9(2-3-12(16)25)21-13(26)7-11-14(31-21)5-10(24)6-15(11)32-22-20(29)19(28)18(27)17(8-23)33-22/h2-7,17-20,22-23,27-29H,8H2,1H3,(H2-,24,25,26)/p+1/t17-,18-,19+,20-,22-/m1/s1. The molecule has 0 unspecified atom stereocenters. The Hall–Kier alpha value is -3.35. The lowest BCUT2D eigenvalue weighted by molar-refractivity contribution is -0.277. The first-order chi connectivity index (χ1) is 15.7. The van der Waals surface area contributed by atoms with Crippen LogP contribution in [0.4, 0.5) is 0 Å². The van der Waals surface area contributed by atoms with Crippen LogP contribution in [0.3, 0.4) is 0 Å². The Balaban J connectivity index is 1.74. The summed E-state index contributed by atoms with van der Waals surface area (Å²) in [5.41, 5.74) is 0.471. The molecule has 2 heterocycles. The number of benzene rings is 2. The van der Waals surface area contributed by atoms with Gasteiger partial charge in [-0.1, -0.05) is 0 Å². The molecule has 0 bridgehead atoms. The summed E-state index contributed by atoms with van der Waals surface area (Å²) < 4.78 is 21.8. The van der Waals surface area contributed by atoms with Gasteiger partial charge in [0.15, 0.2) is 11.5 Å². The van der Waals surface area contributed by atoms with Crippen molar-refractivity contribution in [2.75, 3.05) is 13.7 Å². The lowest BCUT2D eigenvalue weighted by Gasteiger charge is -2.39. The molecule has 2 aromatic carbocycles. The summed E-state index contributed by atoms with van der Waals surface area (Å²) in [6, 6.07) is 8.07. The Labute approximate surface area is 186 Å². The molecule has 0 radical (unpaired) electrons. The molecule has 11 heteroatoms. The van der Waals surface area contributed by atoms with Gasteiger partial charge in [0.05, 0.1) is 25.3 Å². The fraction of sp³-hybridized carbons (Fsp3) is 0.318. The molecule has 1 aliphatic heterocycles. The zero-order valence-electron chi connectivity index (χ0n) is 17.3. The maximum atomic E-state index is 10.6. The molecule has 0 aliphatic carbocycles. The van der Waals surface area contributed by atoms with Gasteiger partial charge in [0, 0.05) is 18.2 Å². The van der Waals surface area contributed by atoms with Crippen molar-refractivity contribution in [2.45, 2.75) is 30.7 Å². The van der Waals surface area contributed by atoms with Crippen molar-refractivity contribution in [3.8, 4) is 40.1 Å². The average Bonchev–Trinajstić information content (AvgIpc) is 2.79. The third kappa shape index (κ3) is 4.19. The van der Waals surface area contributed by atoms with Gasteiger partial charge < -0.3 is 50.0 Å². The summed E-state index contributed by atoms with van der Waals surface area (Å²) in [6.07, 6.45) is -7.58. The predicted molar refractivity (Wildman–Crippen MR) is 112 cm³/mol. The van der Waals surface area contributed by atoms with Crippen LogP contribution >= 0.6 is 0 Å². The SMILES string of the molecule is COc1cc(-c2[o+]c3cc(O)cc(O[C@@H]4O[C@H](CO)[C@@H](O)[C@H](O)[C@H]4O)c3cc2O)ccc1O. The molecule has 0 amide bonds. The fourth-order valence-corrected chi connectivity index (χ4v) is 3.59. The van der Waals surface area contributed by atoms with Crippen molar-refractivity contribution in [1.29, 1.82) is 0 Å². The van der Waals surface area contributed by atoms with Crippen LogP contribution in [0.1, 0.15) is 0 Å². The smallest absolute Gasteiger partial charge is 0.402 e. The number of hydrogen-bond acceptors (Lipinski definition) is 10. The molecule has 1 fully saturated rings. The van der Waals surface area contributed by atoms with Crippen LogP contribution in [-0.2, 0) is 4.74 Å². The Kier molecular flexibility index (Phi) is 6.15. The monoisotopic (exact) mass is 463 g/mol. The Bertz CT molecular complexity index is 1160. The van der Waals surface area contributed by atoms with Crippen LogP contribution in [0.25, 0.3) is 22.3 Å². The van der Waals surface area contributed by atoms with E-state index in [1.807, 2.05) is 0 Å². The second-order valence-electron chi connectivity index (χ2n) is 7.52. The first kappa shape index (κ1) is 22.8. The second kappa shape index (κ2) is 8.89. The van der Waals surface area contributed by atoms with E-state index in [9.17, 15) is 35.7 Å². The number of phenols is 2. The molecule has 1 aromatic heterocycles. The molecule has 4 rings (SSSR count). The average molecular weight is 463 g/mol. The van der Waals surface area contributed by atoms with Crippen LogP contribution in [-0.4, -0.2) is 80.2 Å². The van der Waals surface area contributed by atoms with E-state index in [2.05, 4.69) is 0 Å². The minimum atomic E-state index is -1.67. The fourth-order valence-electron chi connectivity index (χ4n) is 3.59. The number of aliphatic hydroxyl groups is 4. The highest BCUT2D eigenvalue weighted by Gasteiger charge is 2.45. The molecule has 0 spiro atoms. The van der Waals surface area contributed by atoms with Crippen LogP contribution in [0.2, 0.25) is 0 Å². The van der Waals surface area contributed by atoms with E-state index < -0.39 is 37.3 Å². The minimum absolute atomic E-state index is 0.0187. The van der Waals surface area contributed by atoms with E-state index in [1.54, 1.807) is 0 Å². The van der Waals surface area contributed by atoms with Gasteiger partial charge in [-0.3, -0.25) is 0 Å². The van der Waals surface area contributed by atoms with E-state index in [0.717, 1.165) is 0 Å². The zero-order chi connectivity index (χ0) is 23.9. The quantitative estimate of drug-likeness (QED) is 0.264. The van der Waals surface area contributed by atoms with Gasteiger partial charge >= 0.3 is 11.3 Å². The van der Waals surface area contributed by atoms with Crippen LogP contribution < -0.4 is 9.47 Å². The van der Waals surface area contributed by atoms with E-state index in [4.69, 9.17) is 18.6 Å². The Morgan fingerprint density at radius 1 is 0.909 bits per heavy atom. The summed E-state index contributed by atoms with van der Waals surface area (Å²) in [7, 11) is 1.37. The molecule has 7 N–H and O–H groups in total. The lowest BCUT2D eigenvalue weighted by atomic mass is 9.99. The number of methoxy groups -OCH3 is 1. The van der Waals surface area contributed by atoms with Crippen molar-refractivity contribution >= 4 is 11.0 Å². The number of fused-ring (bicyclic) bond motifs is 1. The molecule has 0 saturated carbocycles. The van der Waals surface area contributed by atoms with Crippen molar-refractivity contribution in [1.82, 2.24) is 0 Å². The third-order valence-corrected chi connectivity index (χ3v) is 5.35. The Morgan fingerprint density at radius 3 is 2.36 bits per heavy atom. The molecular weight excluding hydrogens is 440 g/mol. The van der Waals surface area contributed by atoms with Crippen molar-refractivity contribution < 1.29 is 54.4 Å². The van der Waals surface area contributed by atoms with E-state index in [0.29, 0.717) is 5.56 Å². The van der Waals surface area contributed by atoms with Crippen molar-refractivity contribution in [3.05, 3.63) is 36.4 Å². The maximum absolute atomic E-state index is 10.6. The summed E-state index contributed by atoms with van der Waals surface area (Å²) in [5.74, 6) is -0.571. The molecule has 33 heavy (non-hydrogen) atoms. The van der Waals surface area contributed by atoms with Crippen LogP contribution in [0.5, 0.6) is 28.7 Å². The molecule has 1 saturated heterocycles. The van der Waals surface area contributed by atoms with Crippen molar-refractivity contribution in [3.63, 3.8) is 0 Å². The van der Waals surface area contributed by atoms with Gasteiger partial charge in [0.2, 0.25) is 12.0 Å². The maximum Gasteiger partial charge on any atom is 0.402 e. The van der Waals surface area contributed by atoms with E-state index in [1.165, 1.54) is 43.5 Å². The van der Waals surface area contributed by atoms with Crippen molar-refractivity contribution in [2.24, 2.45) is 0 Å². The van der Waals surface area contributed by atoms with Gasteiger partial charge in [0.1, 0.15) is 41.3 Å². The van der Waals surface area contributed by atoms with Crippen LogP contribution in [0.15, 0.2) is 40.8 Å². The van der Waals surface area contributed by atoms with Gasteiger partial charge in [0.25, 0.3) is 0 Å². The van der Waals surface area contributed by atoms with Crippen LogP contribution in [0, 0.1) is 0 Å². The van der Waals surface area contributed by atoms with Gasteiger partial charge in [-0.05, 0) is 12.1 Å². The number of ether oxygens (including phenoxy) is 3. The number of rotatable bonds is 5. The highest BCUT2D eigenvalue weighted by atomic mass is 16.7. The summed E-state index contributed by atoms with van der Waals surface area (Å²) >= 11 is 0. The van der Waals surface area contributed by atoms with E-state index >= 15 is 0 Å². The molecular formula is C22H23O11+. The molecule has 176 valence electrons. The third-order valence-electron chi connectivity index (χ3n) is 5.35. The van der Waals surface area contributed by atoms with Gasteiger partial charge in [-0.15, -0.1) is 0 Å². The summed E-state index contributed by atoms with van der Waals surface area (Å²) in [4.78, 5) is 0. The number of hydrogen-bond donors (Lipinski definition) is 7. The minimum Gasteiger partial charge on any atom is -0.507 e. The highest BCUT2D eigenvalue weighted by Crippen LogP contribution is 2.41. The highest BCUT2D eigenvalue weighted by molar-refractivity contribution is 5.88. The molecule has 3 aromatic rings. The first-order valence-electron chi connectivity index (χ1n) is 9.91. The van der Waals surface area contributed by atoms with Gasteiger partial charge in [-0.2, -0.15) is 0 Å². The Morgan fingerprint density at radius 2 is 1.67 bits per heavy atom.